The van der Waals surface area contributed by atoms with Crippen molar-refractivity contribution in [2.45, 2.75) is 38.6 Å². The van der Waals surface area contributed by atoms with Crippen LogP contribution in [0, 0.1) is 11.3 Å². The molecule has 6 rings (SSSR count). The number of allylic oxidation sites excluding steroid dienone is 9. The van der Waals surface area contributed by atoms with E-state index in [0.29, 0.717) is 5.92 Å². The van der Waals surface area contributed by atoms with Gasteiger partial charge in [0.1, 0.15) is 5.54 Å². The lowest BCUT2D eigenvalue weighted by Crippen LogP contribution is -2.32. The van der Waals surface area contributed by atoms with Crippen LogP contribution in [0.25, 0.3) is 5.57 Å². The first-order chi connectivity index (χ1) is 14.6. The van der Waals surface area contributed by atoms with Gasteiger partial charge >= 0.3 is 0 Å². The molecule has 1 aromatic rings. The van der Waals surface area contributed by atoms with E-state index in [-0.39, 0.29) is 11.0 Å². The molecule has 0 saturated heterocycles. The minimum absolute atomic E-state index is 0.0456. The highest BCUT2D eigenvalue weighted by molar-refractivity contribution is 6.05. The molecule has 1 saturated carbocycles. The molecule has 0 amide bonds. The summed E-state index contributed by atoms with van der Waals surface area (Å²) in [5, 5.41) is 0. The number of nitrogens with zero attached hydrogens (tertiary/aromatic N) is 2. The van der Waals surface area contributed by atoms with Gasteiger partial charge in [0.05, 0.1) is 5.70 Å². The molecule has 3 aliphatic carbocycles. The molecule has 1 aromatic carbocycles. The zero-order chi connectivity index (χ0) is 20.3. The number of benzene rings is 1. The van der Waals surface area contributed by atoms with Crippen LogP contribution in [0.1, 0.15) is 38.7 Å². The first kappa shape index (κ1) is 17.8. The van der Waals surface area contributed by atoms with Gasteiger partial charge in [-0.1, -0.05) is 78.4 Å². The van der Waals surface area contributed by atoms with Gasteiger partial charge < -0.3 is 0 Å². The summed E-state index contributed by atoms with van der Waals surface area (Å²) in [4.78, 5) is 10.4. The van der Waals surface area contributed by atoms with Gasteiger partial charge in [-0.15, -0.1) is 0 Å². The van der Waals surface area contributed by atoms with Crippen LogP contribution in [0.3, 0.4) is 0 Å². The first-order valence-electron chi connectivity index (χ1n) is 11.0. The average molecular weight is 391 g/mol. The topological polar surface area (TPSA) is 24.7 Å². The Kier molecular flexibility index (Phi) is 3.71. The maximum atomic E-state index is 5.27. The number of hydrogen-bond donors (Lipinski definition) is 0. The molecule has 2 heterocycles. The summed E-state index contributed by atoms with van der Waals surface area (Å²) in [6, 6.07) is 10.8. The van der Waals surface area contributed by atoms with Crippen molar-refractivity contribution in [1.29, 1.82) is 0 Å². The van der Waals surface area contributed by atoms with E-state index in [0.717, 1.165) is 25.0 Å². The van der Waals surface area contributed by atoms with E-state index in [2.05, 4.69) is 92.8 Å². The molecule has 1 fully saturated rings. The van der Waals surface area contributed by atoms with Crippen molar-refractivity contribution >= 4 is 17.0 Å². The molecule has 30 heavy (non-hydrogen) atoms. The highest BCUT2D eigenvalue weighted by Gasteiger charge is 2.73. The predicted octanol–water partition coefficient (Wildman–Crippen LogP) is 6.42. The van der Waals surface area contributed by atoms with E-state index in [1.807, 2.05) is 0 Å². The molecule has 5 aliphatic rings. The molecule has 0 radical (unpaired) electrons. The van der Waals surface area contributed by atoms with Crippen LogP contribution in [0.4, 0.5) is 0 Å². The summed E-state index contributed by atoms with van der Waals surface area (Å²) in [7, 11) is 0. The molecule has 0 bridgehead atoms. The third-order valence-corrected chi connectivity index (χ3v) is 7.29. The van der Waals surface area contributed by atoms with Gasteiger partial charge in [-0.05, 0) is 55.9 Å². The summed E-state index contributed by atoms with van der Waals surface area (Å²) in [5.41, 5.74) is 8.85. The van der Waals surface area contributed by atoms with Crippen molar-refractivity contribution in [1.82, 2.24) is 0 Å². The molecule has 3 unspecified atom stereocenters. The van der Waals surface area contributed by atoms with Crippen molar-refractivity contribution in [3.05, 3.63) is 101 Å². The summed E-state index contributed by atoms with van der Waals surface area (Å²) >= 11 is 0. The Morgan fingerprint density at radius 1 is 1.03 bits per heavy atom. The smallest absolute Gasteiger partial charge is 0.118 e. The molecule has 148 valence electrons. The largest absolute Gasteiger partial charge is 0.276 e. The molecular weight excluding hydrogens is 364 g/mol. The number of hydrogen-bond acceptors (Lipinski definition) is 2. The van der Waals surface area contributed by atoms with Crippen LogP contribution in [0.15, 0.2) is 106 Å². The Morgan fingerprint density at radius 2 is 1.90 bits per heavy atom. The number of aliphatic imine (C=N–C) groups is 2. The van der Waals surface area contributed by atoms with Gasteiger partial charge in [0.15, 0.2) is 0 Å². The second-order valence-electron chi connectivity index (χ2n) is 9.19. The summed E-state index contributed by atoms with van der Waals surface area (Å²) in [6.07, 6.45) is 21.2. The fourth-order valence-electron chi connectivity index (χ4n) is 5.89. The van der Waals surface area contributed by atoms with Crippen molar-refractivity contribution < 1.29 is 0 Å². The molecule has 0 spiro atoms. The molecule has 3 atom stereocenters. The third kappa shape index (κ3) is 2.37. The Hall–Kier alpha value is -3.00. The normalized spacial score (nSPS) is 33.5. The van der Waals surface area contributed by atoms with Gasteiger partial charge in [-0.25, -0.2) is 0 Å². The van der Waals surface area contributed by atoms with Crippen LogP contribution >= 0.6 is 0 Å². The van der Waals surface area contributed by atoms with E-state index < -0.39 is 0 Å². The standard InChI is InChI=1S/C28H26N2/c1-19-16-24(21-10-6-3-4-7-11-21)23-14-15-27-18-28(27,26(23)29-19)30-20(2)17-25(27)22-12-8-5-9-13-22/h3-10,12-15,17,24H,11,16,18H2,1-2H3. The zero-order valence-corrected chi connectivity index (χ0v) is 17.6. The van der Waals surface area contributed by atoms with E-state index in [1.165, 1.54) is 33.7 Å². The second kappa shape index (κ2) is 6.25. The number of rotatable bonds is 2. The van der Waals surface area contributed by atoms with Crippen molar-refractivity contribution in [3.8, 4) is 0 Å². The maximum Gasteiger partial charge on any atom is 0.118 e. The first-order valence-corrected chi connectivity index (χ1v) is 11.0. The summed E-state index contributed by atoms with van der Waals surface area (Å²) < 4.78 is 0. The Balaban J connectivity index is 1.49. The fraction of sp³-hybridized carbons (Fsp3) is 0.286. The van der Waals surface area contributed by atoms with Crippen molar-refractivity contribution in [2.75, 3.05) is 0 Å². The summed E-state index contributed by atoms with van der Waals surface area (Å²) in [6.45, 7) is 4.32. The van der Waals surface area contributed by atoms with Crippen LogP contribution in [0.5, 0.6) is 0 Å². The van der Waals surface area contributed by atoms with Crippen molar-refractivity contribution in [2.24, 2.45) is 21.3 Å². The lowest BCUT2D eigenvalue weighted by atomic mass is 9.73. The van der Waals surface area contributed by atoms with Crippen LogP contribution in [0.2, 0.25) is 0 Å². The lowest BCUT2D eigenvalue weighted by molar-refractivity contribution is 0.604. The SMILES string of the molecule is CC1=NC23CC2(C=CC2=C3N=C(C)CC2C2=CC=CC=CC2)C(c2ccccc2)=C1. The minimum atomic E-state index is -0.224. The third-order valence-electron chi connectivity index (χ3n) is 7.29. The number of dihydropyridines is 1. The lowest BCUT2D eigenvalue weighted by Gasteiger charge is -2.36. The predicted molar refractivity (Wildman–Crippen MR) is 126 cm³/mol. The van der Waals surface area contributed by atoms with E-state index in [9.17, 15) is 0 Å². The monoisotopic (exact) mass is 390 g/mol. The van der Waals surface area contributed by atoms with E-state index in [4.69, 9.17) is 9.98 Å². The van der Waals surface area contributed by atoms with Gasteiger partial charge in [-0.2, -0.15) is 0 Å². The summed E-state index contributed by atoms with van der Waals surface area (Å²) in [5.74, 6) is 0.399. The second-order valence-corrected chi connectivity index (χ2v) is 9.19. The highest BCUT2D eigenvalue weighted by atomic mass is 15.1. The van der Waals surface area contributed by atoms with Gasteiger partial charge in [0, 0.05) is 22.8 Å². The average Bonchev–Trinajstić information content (AvgIpc) is 3.50. The van der Waals surface area contributed by atoms with Crippen LogP contribution in [-0.4, -0.2) is 17.0 Å². The van der Waals surface area contributed by atoms with Gasteiger partial charge in [-0.3, -0.25) is 9.98 Å². The maximum absolute atomic E-state index is 5.27. The molecule has 0 N–H and O–H groups in total. The molecular formula is C28H26N2. The Morgan fingerprint density at radius 3 is 2.77 bits per heavy atom. The Bertz CT molecular complexity index is 1180. The molecule has 2 aliphatic heterocycles. The molecule has 0 aromatic heterocycles. The van der Waals surface area contributed by atoms with E-state index >= 15 is 0 Å². The fourth-order valence-corrected chi connectivity index (χ4v) is 5.89. The molecule has 2 heteroatoms. The van der Waals surface area contributed by atoms with Gasteiger partial charge in [0.2, 0.25) is 0 Å². The molecule has 2 nitrogen and oxygen atoms in total. The van der Waals surface area contributed by atoms with Crippen LogP contribution < -0.4 is 0 Å². The van der Waals surface area contributed by atoms with E-state index in [1.54, 1.807) is 0 Å². The Labute approximate surface area is 178 Å². The van der Waals surface area contributed by atoms with Crippen LogP contribution in [-0.2, 0) is 0 Å². The zero-order valence-electron chi connectivity index (χ0n) is 17.6. The minimum Gasteiger partial charge on any atom is -0.276 e. The van der Waals surface area contributed by atoms with Crippen molar-refractivity contribution in [3.63, 3.8) is 0 Å². The van der Waals surface area contributed by atoms with Gasteiger partial charge in [0.25, 0.3) is 0 Å². The highest BCUT2D eigenvalue weighted by Crippen LogP contribution is 2.74. The quantitative estimate of drug-likeness (QED) is 0.557.